The molecular weight excluding hydrogens is 339 g/mol. The molecule has 3 nitrogen and oxygen atoms in total. The molecular formula is C16H12BrFO3. The molecule has 2 aromatic rings. The van der Waals surface area contributed by atoms with Crippen LogP contribution in [0.3, 0.4) is 0 Å². The molecule has 108 valence electrons. The fraction of sp³-hybridized carbons (Fsp3) is 0.125. The molecule has 0 atom stereocenters. The maximum Gasteiger partial charge on any atom is 0.303 e. The molecule has 0 saturated carbocycles. The van der Waals surface area contributed by atoms with E-state index < -0.39 is 5.97 Å². The van der Waals surface area contributed by atoms with Crippen molar-refractivity contribution in [3.05, 3.63) is 58.3 Å². The number of ketones is 1. The Kier molecular flexibility index (Phi) is 4.85. The second-order valence-corrected chi connectivity index (χ2v) is 5.43. The first-order valence-corrected chi connectivity index (χ1v) is 7.07. The molecule has 0 amide bonds. The SMILES string of the molecule is O=C(O)CCC(=O)c1ccc(-c2ccc(Br)cc2F)cc1. The number of hydrogen-bond acceptors (Lipinski definition) is 2. The van der Waals surface area contributed by atoms with Crippen LogP contribution in [0.2, 0.25) is 0 Å². The fourth-order valence-electron chi connectivity index (χ4n) is 1.92. The molecule has 0 aliphatic heterocycles. The van der Waals surface area contributed by atoms with Crippen molar-refractivity contribution in [3.63, 3.8) is 0 Å². The van der Waals surface area contributed by atoms with Gasteiger partial charge in [0.05, 0.1) is 6.42 Å². The van der Waals surface area contributed by atoms with Gasteiger partial charge in [-0.2, -0.15) is 0 Å². The Hall–Kier alpha value is -2.01. The maximum absolute atomic E-state index is 13.8. The Morgan fingerprint density at radius 2 is 1.71 bits per heavy atom. The molecule has 0 unspecified atom stereocenters. The van der Waals surface area contributed by atoms with Crippen molar-refractivity contribution >= 4 is 27.7 Å². The van der Waals surface area contributed by atoms with E-state index in [9.17, 15) is 14.0 Å². The van der Waals surface area contributed by atoms with Gasteiger partial charge in [0, 0.05) is 22.0 Å². The highest BCUT2D eigenvalue weighted by atomic mass is 79.9. The van der Waals surface area contributed by atoms with Gasteiger partial charge in [-0.1, -0.05) is 46.3 Å². The first-order valence-electron chi connectivity index (χ1n) is 6.28. The summed E-state index contributed by atoms with van der Waals surface area (Å²) >= 11 is 3.20. The van der Waals surface area contributed by atoms with Crippen LogP contribution in [0.15, 0.2) is 46.9 Å². The average Bonchev–Trinajstić information content (AvgIpc) is 2.45. The van der Waals surface area contributed by atoms with Crippen LogP contribution in [0.1, 0.15) is 23.2 Å². The van der Waals surface area contributed by atoms with Gasteiger partial charge in [0.2, 0.25) is 0 Å². The molecule has 2 aromatic carbocycles. The van der Waals surface area contributed by atoms with Crippen LogP contribution in [-0.4, -0.2) is 16.9 Å². The lowest BCUT2D eigenvalue weighted by atomic mass is 10.0. The second kappa shape index (κ2) is 6.63. The van der Waals surface area contributed by atoms with Crippen LogP contribution in [-0.2, 0) is 4.79 Å². The number of Topliss-reactive ketones (excluding diaryl/α,β-unsaturated/α-hetero) is 1. The number of halogens is 2. The van der Waals surface area contributed by atoms with Crippen molar-refractivity contribution in [1.82, 2.24) is 0 Å². The quantitative estimate of drug-likeness (QED) is 0.817. The van der Waals surface area contributed by atoms with E-state index in [1.165, 1.54) is 6.07 Å². The second-order valence-electron chi connectivity index (χ2n) is 4.52. The largest absolute Gasteiger partial charge is 0.481 e. The number of carbonyl (C=O) groups excluding carboxylic acids is 1. The summed E-state index contributed by atoms with van der Waals surface area (Å²) in [7, 11) is 0. The molecule has 21 heavy (non-hydrogen) atoms. The number of carboxylic acid groups (broad SMARTS) is 1. The average molecular weight is 351 g/mol. The van der Waals surface area contributed by atoms with E-state index >= 15 is 0 Å². The highest BCUT2D eigenvalue weighted by Crippen LogP contribution is 2.26. The molecule has 0 spiro atoms. The van der Waals surface area contributed by atoms with E-state index in [-0.39, 0.29) is 24.4 Å². The van der Waals surface area contributed by atoms with E-state index in [4.69, 9.17) is 5.11 Å². The summed E-state index contributed by atoms with van der Waals surface area (Å²) in [5, 5.41) is 8.56. The standard InChI is InChI=1S/C16H12BrFO3/c17-12-5-6-13(14(18)9-12)10-1-3-11(4-2-10)15(19)7-8-16(20)21/h1-6,9H,7-8H2,(H,20,21). The van der Waals surface area contributed by atoms with Gasteiger partial charge in [-0.05, 0) is 17.7 Å². The van der Waals surface area contributed by atoms with Gasteiger partial charge in [0.1, 0.15) is 5.82 Å². The minimum absolute atomic E-state index is 0.0404. The first-order chi connectivity index (χ1) is 9.97. The van der Waals surface area contributed by atoms with Crippen molar-refractivity contribution in [1.29, 1.82) is 0 Å². The van der Waals surface area contributed by atoms with Gasteiger partial charge in [-0.25, -0.2) is 4.39 Å². The molecule has 0 radical (unpaired) electrons. The van der Waals surface area contributed by atoms with Crippen molar-refractivity contribution in [2.45, 2.75) is 12.8 Å². The molecule has 1 N–H and O–H groups in total. The van der Waals surface area contributed by atoms with E-state index in [1.54, 1.807) is 36.4 Å². The third-order valence-corrected chi connectivity index (χ3v) is 3.51. The van der Waals surface area contributed by atoms with Crippen molar-refractivity contribution < 1.29 is 19.1 Å². The van der Waals surface area contributed by atoms with Crippen LogP contribution in [0.25, 0.3) is 11.1 Å². The number of rotatable bonds is 5. The number of aliphatic carboxylic acids is 1. The van der Waals surface area contributed by atoms with Gasteiger partial charge in [0.25, 0.3) is 0 Å². The molecule has 0 aliphatic carbocycles. The van der Waals surface area contributed by atoms with Gasteiger partial charge in [-0.15, -0.1) is 0 Å². The summed E-state index contributed by atoms with van der Waals surface area (Å²) in [4.78, 5) is 22.2. The summed E-state index contributed by atoms with van der Waals surface area (Å²) in [6.45, 7) is 0. The Morgan fingerprint density at radius 3 is 2.29 bits per heavy atom. The summed E-state index contributed by atoms with van der Waals surface area (Å²) in [6.07, 6.45) is -0.233. The van der Waals surface area contributed by atoms with Gasteiger partial charge >= 0.3 is 5.97 Å². The zero-order valence-electron chi connectivity index (χ0n) is 11.0. The predicted octanol–water partition coefficient (Wildman–Crippen LogP) is 4.30. The lowest BCUT2D eigenvalue weighted by Crippen LogP contribution is -2.03. The molecule has 0 fully saturated rings. The van der Waals surface area contributed by atoms with E-state index in [0.29, 0.717) is 21.2 Å². The topological polar surface area (TPSA) is 54.4 Å². The van der Waals surface area contributed by atoms with E-state index in [1.807, 2.05) is 0 Å². The predicted molar refractivity (Wildman–Crippen MR) is 80.7 cm³/mol. The maximum atomic E-state index is 13.8. The minimum atomic E-state index is -1.00. The Balaban J connectivity index is 2.18. The van der Waals surface area contributed by atoms with Gasteiger partial charge in [0.15, 0.2) is 5.78 Å². The van der Waals surface area contributed by atoms with E-state index in [0.717, 1.165) is 0 Å². The van der Waals surface area contributed by atoms with Crippen molar-refractivity contribution in [3.8, 4) is 11.1 Å². The van der Waals surface area contributed by atoms with Gasteiger partial charge < -0.3 is 5.11 Å². The Morgan fingerprint density at radius 1 is 1.05 bits per heavy atom. The van der Waals surface area contributed by atoms with Crippen LogP contribution in [0.5, 0.6) is 0 Å². The smallest absolute Gasteiger partial charge is 0.303 e. The first kappa shape index (κ1) is 15.4. The van der Waals surface area contributed by atoms with Gasteiger partial charge in [-0.3, -0.25) is 9.59 Å². The summed E-state index contributed by atoms with van der Waals surface area (Å²) in [5.41, 5.74) is 1.54. The minimum Gasteiger partial charge on any atom is -0.481 e. The zero-order chi connectivity index (χ0) is 15.4. The third-order valence-electron chi connectivity index (χ3n) is 3.01. The van der Waals surface area contributed by atoms with Crippen LogP contribution in [0.4, 0.5) is 4.39 Å². The third kappa shape index (κ3) is 3.98. The van der Waals surface area contributed by atoms with E-state index in [2.05, 4.69) is 15.9 Å². The number of carboxylic acids is 1. The van der Waals surface area contributed by atoms with Crippen LogP contribution in [0, 0.1) is 5.82 Å². The number of hydrogen-bond donors (Lipinski definition) is 1. The monoisotopic (exact) mass is 350 g/mol. The Labute approximate surface area is 129 Å². The molecule has 2 rings (SSSR count). The summed E-state index contributed by atoms with van der Waals surface area (Å²) in [5.74, 6) is -1.59. The fourth-order valence-corrected chi connectivity index (χ4v) is 2.26. The molecule has 0 bridgehead atoms. The zero-order valence-corrected chi connectivity index (χ0v) is 12.6. The van der Waals surface area contributed by atoms with Crippen LogP contribution < -0.4 is 0 Å². The molecule has 0 aliphatic rings. The van der Waals surface area contributed by atoms with Crippen LogP contribution >= 0.6 is 15.9 Å². The molecule has 5 heteroatoms. The van der Waals surface area contributed by atoms with Crippen molar-refractivity contribution in [2.75, 3.05) is 0 Å². The normalized spacial score (nSPS) is 10.4. The number of benzene rings is 2. The highest BCUT2D eigenvalue weighted by Gasteiger charge is 2.10. The highest BCUT2D eigenvalue weighted by molar-refractivity contribution is 9.10. The molecule has 0 aromatic heterocycles. The Bertz CT molecular complexity index is 680. The summed E-state index contributed by atoms with van der Waals surface area (Å²) in [6, 6.07) is 11.2. The molecule has 0 saturated heterocycles. The molecule has 0 heterocycles. The summed E-state index contributed by atoms with van der Waals surface area (Å²) < 4.78 is 14.5. The number of carbonyl (C=O) groups is 2. The van der Waals surface area contributed by atoms with Crippen molar-refractivity contribution in [2.24, 2.45) is 0 Å². The lowest BCUT2D eigenvalue weighted by Gasteiger charge is -2.05. The lowest BCUT2D eigenvalue weighted by molar-refractivity contribution is -0.136.